The molecule has 2 N–H and O–H groups in total. The highest BCUT2D eigenvalue weighted by Gasteiger charge is 2.19. The van der Waals surface area contributed by atoms with E-state index in [1.807, 2.05) is 31.0 Å². The van der Waals surface area contributed by atoms with Crippen LogP contribution in [0, 0.1) is 0 Å². The molecule has 16 heavy (non-hydrogen) atoms. The lowest BCUT2D eigenvalue weighted by Crippen LogP contribution is -2.27. The predicted molar refractivity (Wildman–Crippen MR) is 64.0 cm³/mol. The summed E-state index contributed by atoms with van der Waals surface area (Å²) in [6, 6.07) is 3.65. The molecule has 1 aromatic rings. The molecule has 0 saturated heterocycles. The van der Waals surface area contributed by atoms with E-state index in [1.165, 1.54) is 0 Å². The van der Waals surface area contributed by atoms with Crippen LogP contribution in [0.2, 0.25) is 0 Å². The first-order valence-corrected chi connectivity index (χ1v) is 5.46. The number of nitrogens with one attached hydrogen (secondary N) is 2. The standard InChI is InChI=1S/C11H16N4O/c1-3-12-9-5-4-8-10(14-9)15(2)7-6-13-11(8)16/h4-5H,3,6-7H2,1-2H3,(H,12,14)(H,13,16). The Hall–Kier alpha value is -1.78. The van der Waals surface area contributed by atoms with Crippen LogP contribution < -0.4 is 15.5 Å². The highest BCUT2D eigenvalue weighted by Crippen LogP contribution is 2.20. The molecule has 0 fully saturated rings. The summed E-state index contributed by atoms with van der Waals surface area (Å²) in [5.74, 6) is 1.51. The molecular weight excluding hydrogens is 204 g/mol. The highest BCUT2D eigenvalue weighted by atomic mass is 16.1. The molecule has 1 aromatic heterocycles. The van der Waals surface area contributed by atoms with Crippen molar-refractivity contribution in [2.24, 2.45) is 0 Å². The van der Waals surface area contributed by atoms with Gasteiger partial charge in [-0.3, -0.25) is 4.79 Å². The third kappa shape index (κ3) is 1.93. The number of anilines is 2. The van der Waals surface area contributed by atoms with Crippen molar-refractivity contribution in [2.75, 3.05) is 36.9 Å². The number of nitrogens with zero attached hydrogens (tertiary/aromatic N) is 2. The molecule has 0 aliphatic carbocycles. The molecule has 86 valence electrons. The van der Waals surface area contributed by atoms with Crippen molar-refractivity contribution in [1.82, 2.24) is 10.3 Å². The Morgan fingerprint density at radius 1 is 1.56 bits per heavy atom. The van der Waals surface area contributed by atoms with Crippen molar-refractivity contribution in [3.05, 3.63) is 17.7 Å². The van der Waals surface area contributed by atoms with Crippen LogP contribution >= 0.6 is 0 Å². The largest absolute Gasteiger partial charge is 0.370 e. The molecule has 0 aromatic carbocycles. The summed E-state index contributed by atoms with van der Waals surface area (Å²) in [7, 11) is 1.95. The molecule has 1 amide bonds. The second-order valence-electron chi connectivity index (χ2n) is 3.78. The SMILES string of the molecule is CCNc1ccc2c(n1)N(C)CCNC2=O. The number of hydrogen-bond donors (Lipinski definition) is 2. The van der Waals surface area contributed by atoms with Gasteiger partial charge in [0.1, 0.15) is 11.6 Å². The lowest BCUT2D eigenvalue weighted by Gasteiger charge is -2.17. The van der Waals surface area contributed by atoms with E-state index in [2.05, 4.69) is 15.6 Å². The molecule has 5 heteroatoms. The fourth-order valence-corrected chi connectivity index (χ4v) is 1.73. The average molecular weight is 220 g/mol. The van der Waals surface area contributed by atoms with Crippen molar-refractivity contribution in [3.63, 3.8) is 0 Å². The molecule has 2 heterocycles. The second-order valence-corrected chi connectivity index (χ2v) is 3.78. The van der Waals surface area contributed by atoms with Gasteiger partial charge in [0.15, 0.2) is 0 Å². The van der Waals surface area contributed by atoms with Gasteiger partial charge in [0, 0.05) is 26.7 Å². The lowest BCUT2D eigenvalue weighted by atomic mass is 10.2. The molecule has 1 aliphatic rings. The van der Waals surface area contributed by atoms with E-state index in [0.717, 1.165) is 24.7 Å². The Labute approximate surface area is 94.9 Å². The molecule has 0 unspecified atom stereocenters. The van der Waals surface area contributed by atoms with Crippen molar-refractivity contribution in [2.45, 2.75) is 6.92 Å². The maximum absolute atomic E-state index is 11.7. The van der Waals surface area contributed by atoms with E-state index in [9.17, 15) is 4.79 Å². The number of carbonyl (C=O) groups is 1. The summed E-state index contributed by atoms with van der Waals surface area (Å²) in [5.41, 5.74) is 0.640. The van der Waals surface area contributed by atoms with Crippen LogP contribution in [0.1, 0.15) is 17.3 Å². The molecule has 5 nitrogen and oxygen atoms in total. The number of pyridine rings is 1. The van der Waals surface area contributed by atoms with Crippen LogP contribution in [0.15, 0.2) is 12.1 Å². The minimum Gasteiger partial charge on any atom is -0.370 e. The van der Waals surface area contributed by atoms with Gasteiger partial charge in [-0.25, -0.2) is 4.98 Å². The number of fused-ring (bicyclic) bond motifs is 1. The Morgan fingerprint density at radius 3 is 3.12 bits per heavy atom. The fourth-order valence-electron chi connectivity index (χ4n) is 1.73. The van der Waals surface area contributed by atoms with Crippen LogP contribution in [-0.2, 0) is 0 Å². The summed E-state index contributed by atoms with van der Waals surface area (Å²) in [5, 5.41) is 5.99. The highest BCUT2D eigenvalue weighted by molar-refractivity contribution is 5.99. The number of amides is 1. The number of aromatic nitrogens is 1. The van der Waals surface area contributed by atoms with E-state index in [1.54, 1.807) is 0 Å². The topological polar surface area (TPSA) is 57.3 Å². The summed E-state index contributed by atoms with van der Waals surface area (Å²) in [4.78, 5) is 18.2. The molecule has 0 radical (unpaired) electrons. The van der Waals surface area contributed by atoms with E-state index in [0.29, 0.717) is 12.1 Å². The predicted octanol–water partition coefficient (Wildman–Crippen LogP) is 0.693. The first kappa shape index (κ1) is 10.7. The van der Waals surface area contributed by atoms with Gasteiger partial charge in [0.05, 0.1) is 5.56 Å². The first-order valence-electron chi connectivity index (χ1n) is 5.46. The van der Waals surface area contributed by atoms with E-state index in [4.69, 9.17) is 0 Å². The lowest BCUT2D eigenvalue weighted by molar-refractivity contribution is 0.0958. The summed E-state index contributed by atoms with van der Waals surface area (Å²) in [6.45, 7) is 4.27. The zero-order valence-electron chi connectivity index (χ0n) is 9.58. The zero-order valence-corrected chi connectivity index (χ0v) is 9.58. The maximum Gasteiger partial charge on any atom is 0.255 e. The first-order chi connectivity index (χ1) is 7.72. The Morgan fingerprint density at radius 2 is 2.38 bits per heavy atom. The van der Waals surface area contributed by atoms with Gasteiger partial charge in [-0.1, -0.05) is 0 Å². The fraction of sp³-hybridized carbons (Fsp3) is 0.455. The van der Waals surface area contributed by atoms with Gasteiger partial charge in [0.25, 0.3) is 5.91 Å². The molecule has 1 aliphatic heterocycles. The Balaban J connectivity index is 2.41. The summed E-state index contributed by atoms with van der Waals surface area (Å²) < 4.78 is 0. The molecule has 2 rings (SSSR count). The van der Waals surface area contributed by atoms with Crippen LogP contribution in [0.5, 0.6) is 0 Å². The summed E-state index contributed by atoms with van der Waals surface area (Å²) in [6.07, 6.45) is 0. The van der Waals surface area contributed by atoms with Gasteiger partial charge in [-0.05, 0) is 19.1 Å². The minimum atomic E-state index is -0.0464. The third-order valence-corrected chi connectivity index (χ3v) is 2.57. The third-order valence-electron chi connectivity index (χ3n) is 2.57. The quantitative estimate of drug-likeness (QED) is 0.770. The minimum absolute atomic E-state index is 0.0464. The van der Waals surface area contributed by atoms with E-state index < -0.39 is 0 Å². The van der Waals surface area contributed by atoms with Crippen LogP contribution in [0.3, 0.4) is 0 Å². The normalized spacial score (nSPS) is 15.1. The maximum atomic E-state index is 11.7. The monoisotopic (exact) mass is 220 g/mol. The van der Waals surface area contributed by atoms with Gasteiger partial charge < -0.3 is 15.5 Å². The van der Waals surface area contributed by atoms with Crippen LogP contribution in [0.4, 0.5) is 11.6 Å². The smallest absolute Gasteiger partial charge is 0.255 e. The Kier molecular flexibility index (Phi) is 2.94. The summed E-state index contributed by atoms with van der Waals surface area (Å²) >= 11 is 0. The second kappa shape index (κ2) is 4.38. The van der Waals surface area contributed by atoms with Gasteiger partial charge in [-0.2, -0.15) is 0 Å². The van der Waals surface area contributed by atoms with Gasteiger partial charge in [0.2, 0.25) is 0 Å². The van der Waals surface area contributed by atoms with Gasteiger partial charge in [-0.15, -0.1) is 0 Å². The molecule has 0 bridgehead atoms. The van der Waals surface area contributed by atoms with Crippen LogP contribution in [0.25, 0.3) is 0 Å². The Bertz CT molecular complexity index is 405. The van der Waals surface area contributed by atoms with Crippen molar-refractivity contribution >= 4 is 17.5 Å². The molecule has 0 atom stereocenters. The number of likely N-dealkylation sites (N-methyl/N-ethyl adjacent to an activating group) is 1. The van der Waals surface area contributed by atoms with Gasteiger partial charge >= 0.3 is 0 Å². The van der Waals surface area contributed by atoms with Crippen molar-refractivity contribution in [3.8, 4) is 0 Å². The van der Waals surface area contributed by atoms with Crippen LogP contribution in [-0.4, -0.2) is 37.6 Å². The van der Waals surface area contributed by atoms with E-state index in [-0.39, 0.29) is 5.91 Å². The number of rotatable bonds is 2. The molecular formula is C11H16N4O. The number of carbonyl (C=O) groups excluding carboxylic acids is 1. The van der Waals surface area contributed by atoms with Crippen molar-refractivity contribution in [1.29, 1.82) is 0 Å². The zero-order chi connectivity index (χ0) is 11.5. The molecule has 0 spiro atoms. The average Bonchev–Trinajstić information content (AvgIpc) is 2.41. The number of hydrogen-bond acceptors (Lipinski definition) is 4. The molecule has 0 saturated carbocycles. The van der Waals surface area contributed by atoms with E-state index >= 15 is 0 Å². The van der Waals surface area contributed by atoms with Crippen molar-refractivity contribution < 1.29 is 4.79 Å².